The van der Waals surface area contributed by atoms with Gasteiger partial charge in [0.15, 0.2) is 11.5 Å². The number of alkyl halides is 1. The zero-order chi connectivity index (χ0) is 14.3. The Morgan fingerprint density at radius 1 is 1.00 bits per heavy atom. The van der Waals surface area contributed by atoms with Gasteiger partial charge in [0.05, 0.1) is 4.83 Å². The first-order chi connectivity index (χ1) is 9.56. The molecule has 1 aliphatic heterocycles. The summed E-state index contributed by atoms with van der Waals surface area (Å²) in [6, 6.07) is 6.03. The summed E-state index contributed by atoms with van der Waals surface area (Å²) in [4.78, 5) is 0.0464. The van der Waals surface area contributed by atoms with Crippen molar-refractivity contribution in [3.63, 3.8) is 0 Å². The van der Waals surface area contributed by atoms with Crippen molar-refractivity contribution in [2.24, 2.45) is 0 Å². The summed E-state index contributed by atoms with van der Waals surface area (Å²) < 4.78 is 17.8. The molecular weight excluding hydrogens is 388 g/mol. The highest BCUT2D eigenvalue weighted by atomic mass is 79.9. The van der Waals surface area contributed by atoms with E-state index in [9.17, 15) is 0 Å². The molecule has 3 nitrogen and oxygen atoms in total. The Morgan fingerprint density at radius 2 is 1.65 bits per heavy atom. The number of aryl methyl sites for hydroxylation is 2. The molecule has 0 amide bonds. The van der Waals surface area contributed by atoms with Crippen LogP contribution >= 0.6 is 31.9 Å². The van der Waals surface area contributed by atoms with Crippen LogP contribution in [0.1, 0.15) is 27.5 Å². The van der Waals surface area contributed by atoms with Crippen LogP contribution in [-0.4, -0.2) is 13.2 Å². The largest absolute Gasteiger partial charge is 0.486 e. The average molecular weight is 402 g/mol. The number of hydrogen-bond donors (Lipinski definition) is 0. The topological polar surface area (TPSA) is 31.6 Å². The molecule has 1 atom stereocenters. The maximum absolute atomic E-state index is 5.65. The molecule has 1 aliphatic rings. The second kappa shape index (κ2) is 5.45. The maximum atomic E-state index is 5.65. The molecule has 0 aliphatic carbocycles. The fourth-order valence-electron chi connectivity index (χ4n) is 2.34. The number of fused-ring (bicyclic) bond motifs is 1. The Balaban J connectivity index is 2.03. The minimum Gasteiger partial charge on any atom is -0.486 e. The molecule has 0 bridgehead atoms. The Hall–Kier alpha value is -0.940. The van der Waals surface area contributed by atoms with Gasteiger partial charge in [-0.15, -0.1) is 0 Å². The SMILES string of the molecule is Cc1cc(C(Br)c2cc3c(cc2Br)OCCO3)c(C)o1. The summed E-state index contributed by atoms with van der Waals surface area (Å²) in [5.41, 5.74) is 2.22. The van der Waals surface area contributed by atoms with Crippen LogP contribution in [-0.2, 0) is 0 Å². The summed E-state index contributed by atoms with van der Waals surface area (Å²) in [7, 11) is 0. The standard InChI is InChI=1S/C15H14Br2O3/c1-8-5-10(9(2)20-8)15(17)11-6-13-14(7-12(11)16)19-4-3-18-13/h5-7,15H,3-4H2,1-2H3. The maximum Gasteiger partial charge on any atom is 0.162 e. The van der Waals surface area contributed by atoms with Gasteiger partial charge in [-0.2, -0.15) is 0 Å². The lowest BCUT2D eigenvalue weighted by atomic mass is 10.0. The van der Waals surface area contributed by atoms with Gasteiger partial charge in [-0.05, 0) is 37.6 Å². The lowest BCUT2D eigenvalue weighted by molar-refractivity contribution is 0.171. The summed E-state index contributed by atoms with van der Waals surface area (Å²) in [5.74, 6) is 3.41. The molecule has 0 saturated carbocycles. The lowest BCUT2D eigenvalue weighted by Crippen LogP contribution is -2.15. The molecular formula is C15H14Br2O3. The molecule has 5 heteroatoms. The average Bonchev–Trinajstić information content (AvgIpc) is 2.76. The van der Waals surface area contributed by atoms with Gasteiger partial charge in [0, 0.05) is 10.0 Å². The van der Waals surface area contributed by atoms with Crippen molar-refractivity contribution in [2.45, 2.75) is 18.7 Å². The predicted octanol–water partition coefficient (Wildman–Crippen LogP) is 4.91. The number of hydrogen-bond acceptors (Lipinski definition) is 3. The van der Waals surface area contributed by atoms with Gasteiger partial charge in [0.1, 0.15) is 24.7 Å². The van der Waals surface area contributed by atoms with Gasteiger partial charge in [0.25, 0.3) is 0 Å². The highest BCUT2D eigenvalue weighted by Crippen LogP contribution is 2.43. The normalized spacial score (nSPS) is 15.2. The summed E-state index contributed by atoms with van der Waals surface area (Å²) in [5, 5.41) is 0. The van der Waals surface area contributed by atoms with Crippen molar-refractivity contribution in [2.75, 3.05) is 13.2 Å². The molecule has 20 heavy (non-hydrogen) atoms. The zero-order valence-corrected chi connectivity index (χ0v) is 14.4. The van der Waals surface area contributed by atoms with Crippen LogP contribution in [0.25, 0.3) is 0 Å². The van der Waals surface area contributed by atoms with Crippen molar-refractivity contribution in [1.82, 2.24) is 0 Å². The first-order valence-electron chi connectivity index (χ1n) is 6.36. The minimum absolute atomic E-state index is 0.0464. The monoisotopic (exact) mass is 400 g/mol. The van der Waals surface area contributed by atoms with Crippen LogP contribution in [0.3, 0.4) is 0 Å². The Morgan fingerprint density at radius 3 is 2.25 bits per heavy atom. The first kappa shape index (κ1) is 14.0. The molecule has 3 rings (SSSR count). The van der Waals surface area contributed by atoms with Crippen molar-refractivity contribution >= 4 is 31.9 Å². The van der Waals surface area contributed by atoms with Crippen molar-refractivity contribution in [3.05, 3.63) is 45.3 Å². The molecule has 2 aromatic rings. The van der Waals surface area contributed by atoms with E-state index >= 15 is 0 Å². The number of benzene rings is 1. The third-order valence-electron chi connectivity index (χ3n) is 3.29. The van der Waals surface area contributed by atoms with Crippen LogP contribution in [0, 0.1) is 13.8 Å². The van der Waals surface area contributed by atoms with Gasteiger partial charge in [-0.3, -0.25) is 0 Å². The van der Waals surface area contributed by atoms with E-state index in [0.29, 0.717) is 13.2 Å². The van der Waals surface area contributed by atoms with E-state index < -0.39 is 0 Å². The highest BCUT2D eigenvalue weighted by molar-refractivity contribution is 9.11. The van der Waals surface area contributed by atoms with E-state index in [4.69, 9.17) is 13.9 Å². The molecule has 0 radical (unpaired) electrons. The smallest absolute Gasteiger partial charge is 0.162 e. The van der Waals surface area contributed by atoms with Crippen molar-refractivity contribution < 1.29 is 13.9 Å². The van der Waals surface area contributed by atoms with Crippen LogP contribution in [0.15, 0.2) is 27.1 Å². The van der Waals surface area contributed by atoms with Gasteiger partial charge in [-0.25, -0.2) is 0 Å². The van der Waals surface area contributed by atoms with Gasteiger partial charge in [0.2, 0.25) is 0 Å². The molecule has 0 N–H and O–H groups in total. The number of halogens is 2. The van der Waals surface area contributed by atoms with Gasteiger partial charge in [-0.1, -0.05) is 31.9 Å². The summed E-state index contributed by atoms with van der Waals surface area (Å²) in [6.45, 7) is 5.11. The molecule has 106 valence electrons. The van der Waals surface area contributed by atoms with E-state index in [1.165, 1.54) is 0 Å². The first-order valence-corrected chi connectivity index (χ1v) is 8.07. The highest BCUT2D eigenvalue weighted by Gasteiger charge is 2.22. The fraction of sp³-hybridized carbons (Fsp3) is 0.333. The Kier molecular flexibility index (Phi) is 3.82. The zero-order valence-electron chi connectivity index (χ0n) is 11.2. The Bertz CT molecular complexity index is 649. The minimum atomic E-state index is 0.0464. The molecule has 2 heterocycles. The molecule has 0 spiro atoms. The third-order valence-corrected chi connectivity index (χ3v) is 4.96. The van der Waals surface area contributed by atoms with Crippen molar-refractivity contribution in [3.8, 4) is 11.5 Å². The van der Waals surface area contributed by atoms with E-state index in [0.717, 1.165) is 38.6 Å². The van der Waals surface area contributed by atoms with Crippen LogP contribution in [0.2, 0.25) is 0 Å². The molecule has 0 fully saturated rings. The number of furan rings is 1. The predicted molar refractivity (Wildman–Crippen MR) is 84.1 cm³/mol. The van der Waals surface area contributed by atoms with Gasteiger partial charge < -0.3 is 13.9 Å². The lowest BCUT2D eigenvalue weighted by Gasteiger charge is -2.21. The van der Waals surface area contributed by atoms with Gasteiger partial charge >= 0.3 is 0 Å². The van der Waals surface area contributed by atoms with E-state index in [2.05, 4.69) is 37.9 Å². The second-order valence-electron chi connectivity index (χ2n) is 4.75. The quantitative estimate of drug-likeness (QED) is 0.669. The van der Waals surface area contributed by atoms with E-state index in [1.807, 2.05) is 26.0 Å². The molecule has 1 aromatic heterocycles. The summed E-state index contributed by atoms with van der Waals surface area (Å²) >= 11 is 7.36. The fourth-order valence-corrected chi connectivity index (χ4v) is 4.04. The van der Waals surface area contributed by atoms with Crippen LogP contribution < -0.4 is 9.47 Å². The number of rotatable bonds is 2. The van der Waals surface area contributed by atoms with Crippen LogP contribution in [0.5, 0.6) is 11.5 Å². The Labute approximate surface area is 134 Å². The van der Waals surface area contributed by atoms with Crippen molar-refractivity contribution in [1.29, 1.82) is 0 Å². The number of ether oxygens (including phenoxy) is 2. The second-order valence-corrected chi connectivity index (χ2v) is 6.52. The molecule has 0 saturated heterocycles. The van der Waals surface area contributed by atoms with Crippen LogP contribution in [0.4, 0.5) is 0 Å². The third kappa shape index (κ3) is 2.49. The summed E-state index contributed by atoms with van der Waals surface area (Å²) in [6.07, 6.45) is 0. The molecule has 1 aromatic carbocycles. The molecule has 1 unspecified atom stereocenters. The van der Waals surface area contributed by atoms with E-state index in [1.54, 1.807) is 0 Å². The van der Waals surface area contributed by atoms with E-state index in [-0.39, 0.29) is 4.83 Å².